The summed E-state index contributed by atoms with van der Waals surface area (Å²) < 4.78 is 6.95. The molecule has 0 aliphatic heterocycles. The Labute approximate surface area is 174 Å². The highest BCUT2D eigenvalue weighted by atomic mass is 35.5. The standard InChI is InChI=1S/C22H24ClN3O3/c1-6-25(21(28)29-22(3,4)5)20-24-18-14(2)12-13-16(23)17(18)19(27)26(20)15-10-8-7-9-11-15/h7-13H,6H2,1-5H3. The summed E-state index contributed by atoms with van der Waals surface area (Å²) in [4.78, 5) is 32.5. The number of para-hydroxylation sites is 1. The number of ether oxygens (including phenoxy) is 1. The van der Waals surface area contributed by atoms with Crippen LogP contribution in [0.15, 0.2) is 47.3 Å². The molecule has 29 heavy (non-hydrogen) atoms. The molecular weight excluding hydrogens is 390 g/mol. The molecule has 3 aromatic rings. The minimum absolute atomic E-state index is 0.191. The molecule has 0 aliphatic rings. The smallest absolute Gasteiger partial charge is 0.417 e. The van der Waals surface area contributed by atoms with Crippen LogP contribution in [0.4, 0.5) is 10.7 Å². The molecular formula is C22H24ClN3O3. The fourth-order valence-corrected chi connectivity index (χ4v) is 3.26. The summed E-state index contributed by atoms with van der Waals surface area (Å²) in [6.45, 7) is 9.31. The molecule has 0 aliphatic carbocycles. The van der Waals surface area contributed by atoms with Gasteiger partial charge in [0, 0.05) is 6.54 Å². The molecule has 1 aromatic heterocycles. The van der Waals surface area contributed by atoms with E-state index in [0.29, 0.717) is 21.6 Å². The van der Waals surface area contributed by atoms with Crippen molar-refractivity contribution in [2.24, 2.45) is 0 Å². The van der Waals surface area contributed by atoms with Gasteiger partial charge in [-0.2, -0.15) is 0 Å². The molecule has 0 N–H and O–H groups in total. The number of aryl methyl sites for hydroxylation is 1. The predicted octanol–water partition coefficient (Wildman–Crippen LogP) is 5.11. The lowest BCUT2D eigenvalue weighted by atomic mass is 10.1. The van der Waals surface area contributed by atoms with Gasteiger partial charge < -0.3 is 4.74 Å². The van der Waals surface area contributed by atoms with Crippen molar-refractivity contribution in [3.8, 4) is 5.69 Å². The third kappa shape index (κ3) is 4.12. The first kappa shape index (κ1) is 20.9. The van der Waals surface area contributed by atoms with Crippen LogP contribution in [0.3, 0.4) is 0 Å². The van der Waals surface area contributed by atoms with E-state index in [0.717, 1.165) is 5.56 Å². The van der Waals surface area contributed by atoms with Gasteiger partial charge in [-0.25, -0.2) is 19.2 Å². The SMILES string of the molecule is CCN(C(=O)OC(C)(C)C)c1nc2c(C)ccc(Cl)c2c(=O)n1-c1ccccc1. The molecule has 152 valence electrons. The Morgan fingerprint density at radius 2 is 1.83 bits per heavy atom. The van der Waals surface area contributed by atoms with Gasteiger partial charge in [-0.05, 0) is 58.4 Å². The topological polar surface area (TPSA) is 64.4 Å². The van der Waals surface area contributed by atoms with Crippen molar-refractivity contribution in [1.82, 2.24) is 9.55 Å². The first-order chi connectivity index (χ1) is 13.6. The number of hydrogen-bond donors (Lipinski definition) is 0. The second-order valence-electron chi connectivity index (χ2n) is 7.70. The van der Waals surface area contributed by atoms with Crippen LogP contribution in [0.1, 0.15) is 33.3 Å². The van der Waals surface area contributed by atoms with Crippen LogP contribution in [0.25, 0.3) is 16.6 Å². The summed E-state index contributed by atoms with van der Waals surface area (Å²) >= 11 is 6.35. The summed E-state index contributed by atoms with van der Waals surface area (Å²) in [7, 11) is 0. The fourth-order valence-electron chi connectivity index (χ4n) is 3.03. The average Bonchev–Trinajstić information content (AvgIpc) is 2.64. The molecule has 2 aromatic carbocycles. The van der Waals surface area contributed by atoms with Crippen LogP contribution in [0.2, 0.25) is 5.02 Å². The number of carbonyl (C=O) groups excluding carboxylic acids is 1. The van der Waals surface area contributed by atoms with E-state index in [2.05, 4.69) is 0 Å². The zero-order chi connectivity index (χ0) is 21.3. The minimum Gasteiger partial charge on any atom is -0.443 e. The molecule has 0 saturated heterocycles. The first-order valence-corrected chi connectivity index (χ1v) is 9.79. The van der Waals surface area contributed by atoms with Crippen LogP contribution in [-0.4, -0.2) is 27.8 Å². The number of aromatic nitrogens is 2. The lowest BCUT2D eigenvalue weighted by Gasteiger charge is -2.27. The van der Waals surface area contributed by atoms with Gasteiger partial charge in [-0.15, -0.1) is 0 Å². The Balaban J connectivity index is 2.36. The van der Waals surface area contributed by atoms with Gasteiger partial charge >= 0.3 is 6.09 Å². The summed E-state index contributed by atoms with van der Waals surface area (Å²) in [5.74, 6) is 0.191. The normalized spacial score (nSPS) is 11.5. The van der Waals surface area contributed by atoms with Crippen LogP contribution in [0.5, 0.6) is 0 Å². The third-order valence-corrected chi connectivity index (χ3v) is 4.66. The van der Waals surface area contributed by atoms with Gasteiger partial charge in [0.05, 0.1) is 21.6 Å². The van der Waals surface area contributed by atoms with E-state index >= 15 is 0 Å². The van der Waals surface area contributed by atoms with E-state index in [1.54, 1.807) is 52.0 Å². The Morgan fingerprint density at radius 1 is 1.17 bits per heavy atom. The summed E-state index contributed by atoms with van der Waals surface area (Å²) in [6, 6.07) is 12.5. The van der Waals surface area contributed by atoms with Crippen molar-refractivity contribution in [3.05, 3.63) is 63.4 Å². The van der Waals surface area contributed by atoms with Crippen molar-refractivity contribution in [1.29, 1.82) is 0 Å². The Bertz CT molecular complexity index is 1120. The van der Waals surface area contributed by atoms with Crippen molar-refractivity contribution in [2.45, 2.75) is 40.2 Å². The molecule has 0 radical (unpaired) electrons. The van der Waals surface area contributed by atoms with Crippen LogP contribution in [0, 0.1) is 6.92 Å². The highest BCUT2D eigenvalue weighted by Gasteiger charge is 2.27. The summed E-state index contributed by atoms with van der Waals surface area (Å²) in [6.07, 6.45) is -0.574. The maximum atomic E-state index is 13.5. The molecule has 0 fully saturated rings. The molecule has 0 spiro atoms. The lowest BCUT2D eigenvalue weighted by Crippen LogP contribution is -2.40. The van der Waals surface area contributed by atoms with Crippen LogP contribution >= 0.6 is 11.6 Å². The zero-order valence-electron chi connectivity index (χ0n) is 17.2. The van der Waals surface area contributed by atoms with E-state index in [-0.39, 0.29) is 18.1 Å². The number of benzene rings is 2. The molecule has 1 amide bonds. The molecule has 7 heteroatoms. The highest BCUT2D eigenvalue weighted by molar-refractivity contribution is 6.35. The Kier molecular flexibility index (Phi) is 5.66. The van der Waals surface area contributed by atoms with E-state index < -0.39 is 11.7 Å². The second-order valence-corrected chi connectivity index (χ2v) is 8.11. The maximum Gasteiger partial charge on any atom is 0.417 e. The minimum atomic E-state index is -0.682. The number of halogens is 1. The number of anilines is 1. The van der Waals surface area contributed by atoms with Gasteiger partial charge in [0.25, 0.3) is 5.56 Å². The van der Waals surface area contributed by atoms with Crippen LogP contribution in [-0.2, 0) is 4.74 Å². The molecule has 1 heterocycles. The van der Waals surface area contributed by atoms with Gasteiger partial charge in [0.1, 0.15) is 5.60 Å². The second kappa shape index (κ2) is 7.87. The average molecular weight is 414 g/mol. The maximum absolute atomic E-state index is 13.5. The van der Waals surface area contributed by atoms with Crippen molar-refractivity contribution < 1.29 is 9.53 Å². The molecule has 3 rings (SSSR count). The highest BCUT2D eigenvalue weighted by Crippen LogP contribution is 2.27. The first-order valence-electron chi connectivity index (χ1n) is 9.42. The van der Waals surface area contributed by atoms with Gasteiger partial charge in [-0.3, -0.25) is 4.79 Å². The monoisotopic (exact) mass is 413 g/mol. The van der Waals surface area contributed by atoms with E-state index in [9.17, 15) is 9.59 Å². The van der Waals surface area contributed by atoms with Crippen molar-refractivity contribution >= 4 is 34.5 Å². The van der Waals surface area contributed by atoms with Gasteiger partial charge in [0.2, 0.25) is 5.95 Å². The van der Waals surface area contributed by atoms with E-state index in [1.165, 1.54) is 9.47 Å². The predicted molar refractivity (Wildman–Crippen MR) is 116 cm³/mol. The molecule has 0 atom stereocenters. The Morgan fingerprint density at radius 3 is 2.41 bits per heavy atom. The quantitative estimate of drug-likeness (QED) is 0.598. The number of fused-ring (bicyclic) bond motifs is 1. The molecule has 6 nitrogen and oxygen atoms in total. The van der Waals surface area contributed by atoms with E-state index in [1.807, 2.05) is 25.1 Å². The van der Waals surface area contributed by atoms with Crippen molar-refractivity contribution in [3.63, 3.8) is 0 Å². The fraction of sp³-hybridized carbons (Fsp3) is 0.318. The third-order valence-electron chi connectivity index (χ3n) is 4.34. The largest absolute Gasteiger partial charge is 0.443 e. The Hall–Kier alpha value is -2.86. The number of carbonyl (C=O) groups is 1. The number of amides is 1. The summed E-state index contributed by atoms with van der Waals surface area (Å²) in [5.41, 5.74) is 0.821. The summed E-state index contributed by atoms with van der Waals surface area (Å²) in [5, 5.41) is 0.638. The number of hydrogen-bond acceptors (Lipinski definition) is 4. The number of nitrogens with zero attached hydrogens (tertiary/aromatic N) is 3. The molecule has 0 unspecified atom stereocenters. The van der Waals surface area contributed by atoms with Crippen molar-refractivity contribution in [2.75, 3.05) is 11.4 Å². The van der Waals surface area contributed by atoms with Gasteiger partial charge in [-0.1, -0.05) is 35.9 Å². The van der Waals surface area contributed by atoms with Crippen LogP contribution < -0.4 is 10.5 Å². The van der Waals surface area contributed by atoms with Gasteiger partial charge in [0.15, 0.2) is 0 Å². The molecule has 0 bridgehead atoms. The lowest BCUT2D eigenvalue weighted by molar-refractivity contribution is 0.0579. The number of rotatable bonds is 3. The molecule has 0 saturated carbocycles. The zero-order valence-corrected chi connectivity index (χ0v) is 17.9. The van der Waals surface area contributed by atoms with E-state index in [4.69, 9.17) is 21.3 Å².